The molecule has 2 aliphatic rings. The van der Waals surface area contributed by atoms with E-state index in [-0.39, 0.29) is 24.3 Å². The summed E-state index contributed by atoms with van der Waals surface area (Å²) in [5.74, 6) is 0.717. The number of hydrogen-bond acceptors (Lipinski definition) is 7. The summed E-state index contributed by atoms with van der Waals surface area (Å²) in [5.41, 5.74) is 3.15. The van der Waals surface area contributed by atoms with E-state index in [1.54, 1.807) is 31.4 Å². The lowest BCUT2D eigenvalue weighted by atomic mass is 9.98. The number of thioether (sulfide) groups is 1. The van der Waals surface area contributed by atoms with Crippen molar-refractivity contribution in [1.82, 2.24) is 5.01 Å². The Labute approximate surface area is 229 Å². The smallest absolute Gasteiger partial charge is 0.262 e. The van der Waals surface area contributed by atoms with Crippen molar-refractivity contribution in [2.45, 2.75) is 24.1 Å². The third kappa shape index (κ3) is 5.54. The Kier molecular flexibility index (Phi) is 7.67. The van der Waals surface area contributed by atoms with Gasteiger partial charge in [0.1, 0.15) is 16.7 Å². The van der Waals surface area contributed by atoms with E-state index in [1.165, 1.54) is 11.8 Å². The summed E-state index contributed by atoms with van der Waals surface area (Å²) in [6.45, 7) is 0. The molecule has 194 valence electrons. The van der Waals surface area contributed by atoms with Crippen molar-refractivity contribution in [2.75, 3.05) is 19.5 Å². The number of carbonyl (C=O) groups is 2. The zero-order valence-electron chi connectivity index (χ0n) is 20.8. The third-order valence-electron chi connectivity index (χ3n) is 6.21. The van der Waals surface area contributed by atoms with Crippen LogP contribution >= 0.6 is 23.4 Å². The predicted molar refractivity (Wildman–Crippen MR) is 150 cm³/mol. The Bertz CT molecular complexity index is 1430. The fourth-order valence-corrected chi connectivity index (χ4v) is 5.63. The molecular weight excluding hydrogens is 524 g/mol. The summed E-state index contributed by atoms with van der Waals surface area (Å²) >= 11 is 7.56. The molecule has 2 amide bonds. The Morgan fingerprint density at radius 3 is 2.63 bits per heavy atom. The van der Waals surface area contributed by atoms with E-state index in [1.807, 2.05) is 60.7 Å². The fraction of sp³-hybridized carbons (Fsp3) is 0.214. The lowest BCUT2D eigenvalue weighted by Gasteiger charge is -2.23. The largest absolute Gasteiger partial charge is 0.497 e. The number of aliphatic imine (C=N–C) groups is 1. The van der Waals surface area contributed by atoms with Gasteiger partial charge in [-0.2, -0.15) is 10.1 Å². The Hall–Kier alpha value is -3.82. The molecule has 2 heterocycles. The number of hydrazone groups is 1. The van der Waals surface area contributed by atoms with Crippen LogP contribution in [-0.4, -0.2) is 47.2 Å². The van der Waals surface area contributed by atoms with Crippen LogP contribution in [0.15, 0.2) is 82.9 Å². The summed E-state index contributed by atoms with van der Waals surface area (Å²) in [6, 6.07) is 22.0. The van der Waals surface area contributed by atoms with E-state index in [9.17, 15) is 9.59 Å². The van der Waals surface area contributed by atoms with Gasteiger partial charge in [0, 0.05) is 29.1 Å². The summed E-state index contributed by atoms with van der Waals surface area (Å²) in [7, 11) is 3.21. The summed E-state index contributed by atoms with van der Waals surface area (Å²) in [6.07, 6.45) is 0.526. The molecule has 2 atom stereocenters. The maximum atomic E-state index is 12.8. The topological polar surface area (TPSA) is 92.6 Å². The minimum atomic E-state index is -0.640. The van der Waals surface area contributed by atoms with Crippen LogP contribution in [0, 0.1) is 0 Å². The second-order valence-corrected chi connectivity index (χ2v) is 10.3. The average Bonchev–Trinajstić information content (AvgIpc) is 3.52. The number of halogens is 1. The number of methoxy groups -OCH3 is 2. The van der Waals surface area contributed by atoms with E-state index in [2.05, 4.69) is 10.3 Å². The highest BCUT2D eigenvalue weighted by atomic mass is 35.5. The molecule has 0 spiro atoms. The van der Waals surface area contributed by atoms with Crippen LogP contribution in [0.2, 0.25) is 5.02 Å². The quantitative estimate of drug-likeness (QED) is 0.417. The Balaban J connectivity index is 1.42. The van der Waals surface area contributed by atoms with Crippen molar-refractivity contribution in [2.24, 2.45) is 10.1 Å². The monoisotopic (exact) mass is 548 g/mol. The number of rotatable bonds is 7. The van der Waals surface area contributed by atoms with E-state index >= 15 is 0 Å². The van der Waals surface area contributed by atoms with Crippen LogP contribution in [0.4, 0.5) is 5.69 Å². The SMILES string of the molecule is COc1ccc(OC)c(C2=NN(C3=NC(=O)[C@H](CC(=O)Nc4ccccc4)S3)[C@H](c3cccc(Cl)c3)C2)c1. The van der Waals surface area contributed by atoms with Gasteiger partial charge in [0.2, 0.25) is 5.91 Å². The number of para-hydroxylation sites is 1. The van der Waals surface area contributed by atoms with Crippen molar-refractivity contribution < 1.29 is 19.1 Å². The molecule has 0 radical (unpaired) electrons. The highest BCUT2D eigenvalue weighted by molar-refractivity contribution is 8.15. The molecule has 0 aromatic heterocycles. The number of benzene rings is 3. The number of amidine groups is 1. The molecule has 0 aliphatic carbocycles. The van der Waals surface area contributed by atoms with Gasteiger partial charge in [-0.1, -0.05) is 53.7 Å². The lowest BCUT2D eigenvalue weighted by Crippen LogP contribution is -2.25. The van der Waals surface area contributed by atoms with Gasteiger partial charge < -0.3 is 14.8 Å². The summed E-state index contributed by atoms with van der Waals surface area (Å²) in [4.78, 5) is 29.8. The normalized spacial score (nSPS) is 18.7. The van der Waals surface area contributed by atoms with Crippen LogP contribution in [0.3, 0.4) is 0 Å². The maximum absolute atomic E-state index is 12.8. The Morgan fingerprint density at radius 2 is 1.89 bits per heavy atom. The summed E-state index contributed by atoms with van der Waals surface area (Å²) < 4.78 is 11.0. The predicted octanol–water partition coefficient (Wildman–Crippen LogP) is 5.54. The lowest BCUT2D eigenvalue weighted by molar-refractivity contribution is -0.121. The minimum Gasteiger partial charge on any atom is -0.497 e. The van der Waals surface area contributed by atoms with Gasteiger partial charge in [-0.05, 0) is 48.0 Å². The van der Waals surface area contributed by atoms with Crippen LogP contribution in [-0.2, 0) is 9.59 Å². The van der Waals surface area contributed by atoms with Gasteiger partial charge in [0.25, 0.3) is 5.91 Å². The van der Waals surface area contributed by atoms with Crippen molar-refractivity contribution in [3.05, 3.63) is 88.9 Å². The molecule has 0 saturated carbocycles. The molecule has 2 aliphatic heterocycles. The van der Waals surface area contributed by atoms with Gasteiger partial charge in [-0.3, -0.25) is 9.59 Å². The van der Waals surface area contributed by atoms with Gasteiger partial charge >= 0.3 is 0 Å². The van der Waals surface area contributed by atoms with Crippen LogP contribution in [0.1, 0.15) is 30.0 Å². The molecule has 38 heavy (non-hydrogen) atoms. The first-order valence-corrected chi connectivity index (χ1v) is 13.2. The molecule has 10 heteroatoms. The highest BCUT2D eigenvalue weighted by Gasteiger charge is 2.39. The number of ether oxygens (including phenoxy) is 2. The second kappa shape index (κ2) is 11.3. The molecule has 5 rings (SSSR count). The number of nitrogens with one attached hydrogen (secondary N) is 1. The van der Waals surface area contributed by atoms with Crippen molar-refractivity contribution in [3.63, 3.8) is 0 Å². The molecule has 3 aromatic rings. The fourth-order valence-electron chi connectivity index (χ4n) is 4.37. The minimum absolute atomic E-state index is 0.00133. The van der Waals surface area contributed by atoms with Crippen LogP contribution in [0.5, 0.6) is 11.5 Å². The van der Waals surface area contributed by atoms with Gasteiger partial charge in [-0.15, -0.1) is 0 Å². The molecule has 1 N–H and O–H groups in total. The second-order valence-electron chi connectivity index (χ2n) is 8.69. The molecule has 0 fully saturated rings. The van der Waals surface area contributed by atoms with E-state index < -0.39 is 5.25 Å². The van der Waals surface area contributed by atoms with E-state index in [0.717, 1.165) is 16.8 Å². The number of anilines is 1. The zero-order valence-corrected chi connectivity index (χ0v) is 22.3. The third-order valence-corrected chi connectivity index (χ3v) is 7.59. The van der Waals surface area contributed by atoms with Gasteiger partial charge in [-0.25, -0.2) is 5.01 Å². The molecule has 8 nitrogen and oxygen atoms in total. The van der Waals surface area contributed by atoms with Crippen LogP contribution < -0.4 is 14.8 Å². The van der Waals surface area contributed by atoms with Crippen LogP contribution in [0.25, 0.3) is 0 Å². The highest BCUT2D eigenvalue weighted by Crippen LogP contribution is 2.40. The van der Waals surface area contributed by atoms with Crippen molar-refractivity contribution in [3.8, 4) is 11.5 Å². The summed E-state index contributed by atoms with van der Waals surface area (Å²) in [5, 5.41) is 9.87. The van der Waals surface area contributed by atoms with Crippen molar-refractivity contribution >= 4 is 51.7 Å². The molecule has 3 aromatic carbocycles. The van der Waals surface area contributed by atoms with Gasteiger partial charge in [0.05, 0.1) is 26.0 Å². The maximum Gasteiger partial charge on any atom is 0.262 e. The average molecular weight is 549 g/mol. The first-order chi connectivity index (χ1) is 18.4. The standard InChI is InChI=1S/C28H25ClN4O4S/c1-36-20-11-12-24(37-2)21(14-20)22-15-23(17-7-6-8-18(29)13-17)33(32-22)28-31-27(35)25(38-28)16-26(34)30-19-9-4-3-5-10-19/h3-14,23,25H,15-16H2,1-2H3,(H,30,34)/t23-,25-/m0/s1. The van der Waals surface area contributed by atoms with Crippen molar-refractivity contribution in [1.29, 1.82) is 0 Å². The Morgan fingerprint density at radius 1 is 1.08 bits per heavy atom. The number of nitrogens with zero attached hydrogens (tertiary/aromatic N) is 3. The van der Waals surface area contributed by atoms with Gasteiger partial charge in [0.15, 0.2) is 5.17 Å². The number of carbonyl (C=O) groups excluding carboxylic acids is 2. The van der Waals surface area contributed by atoms with E-state index in [4.69, 9.17) is 26.2 Å². The zero-order chi connectivity index (χ0) is 26.6. The molecule has 0 unspecified atom stereocenters. The molecular formula is C28H25ClN4O4S. The first-order valence-electron chi connectivity index (χ1n) is 11.9. The first kappa shape index (κ1) is 25.8. The number of amides is 2. The van der Waals surface area contributed by atoms with E-state index in [0.29, 0.717) is 33.8 Å². The molecule has 0 bridgehead atoms. The number of hydrogen-bond donors (Lipinski definition) is 1. The molecule has 0 saturated heterocycles.